The summed E-state index contributed by atoms with van der Waals surface area (Å²) in [7, 11) is 1.95. The number of nitro benzene ring substituents is 1. The van der Waals surface area contributed by atoms with Gasteiger partial charge in [-0.2, -0.15) is 0 Å². The quantitative estimate of drug-likeness (QED) is 0.663. The summed E-state index contributed by atoms with van der Waals surface area (Å²) in [5.74, 6) is 0. The lowest BCUT2D eigenvalue weighted by molar-refractivity contribution is -0.384. The van der Waals surface area contributed by atoms with E-state index >= 15 is 0 Å². The van der Waals surface area contributed by atoms with Crippen LogP contribution in [0.5, 0.6) is 0 Å². The van der Waals surface area contributed by atoms with Gasteiger partial charge in [-0.05, 0) is 23.3 Å². The Morgan fingerprint density at radius 2 is 2.04 bits per heavy atom. The van der Waals surface area contributed by atoms with Crippen LogP contribution in [0.2, 0.25) is 5.02 Å². The maximum atomic E-state index is 11.3. The van der Waals surface area contributed by atoms with E-state index in [1.54, 1.807) is 18.2 Å². The highest BCUT2D eigenvalue weighted by atomic mass is 35.5. The van der Waals surface area contributed by atoms with Crippen LogP contribution in [0.1, 0.15) is 16.7 Å². The van der Waals surface area contributed by atoms with Crippen molar-refractivity contribution in [2.24, 2.45) is 4.99 Å². The monoisotopic (exact) mass is 354 g/mol. The van der Waals surface area contributed by atoms with Crippen molar-refractivity contribution in [3.63, 3.8) is 0 Å². The zero-order valence-corrected chi connectivity index (χ0v) is 14.2. The molecule has 2 aromatic rings. The van der Waals surface area contributed by atoms with Crippen molar-refractivity contribution in [3.05, 3.63) is 80.5 Å². The topological polar surface area (TPSA) is 70.8 Å². The van der Waals surface area contributed by atoms with Gasteiger partial charge in [-0.3, -0.25) is 15.1 Å². The molecule has 1 N–H and O–H groups in total. The highest BCUT2D eigenvalue weighted by Gasteiger charge is 2.32. The van der Waals surface area contributed by atoms with Gasteiger partial charge in [0.1, 0.15) is 0 Å². The number of hydrogen-bond donors (Lipinski definition) is 1. The molecule has 0 saturated carbocycles. The molecule has 1 unspecified atom stereocenters. The average Bonchev–Trinajstić information content (AvgIpc) is 2.88. The Morgan fingerprint density at radius 3 is 2.80 bits per heavy atom. The predicted octanol–water partition coefficient (Wildman–Crippen LogP) is 3.26. The molecule has 6 nitrogen and oxygen atoms in total. The Kier molecular flexibility index (Phi) is 3.78. The smallest absolute Gasteiger partial charge is 0.270 e. The number of benzene rings is 2. The van der Waals surface area contributed by atoms with Gasteiger partial charge in [0, 0.05) is 41.5 Å². The van der Waals surface area contributed by atoms with Crippen molar-refractivity contribution in [2.45, 2.75) is 6.04 Å². The lowest BCUT2D eigenvalue weighted by atomic mass is 9.92. The van der Waals surface area contributed by atoms with Crippen molar-refractivity contribution in [3.8, 4) is 0 Å². The molecule has 2 aromatic carbocycles. The molecule has 2 aliphatic rings. The van der Waals surface area contributed by atoms with Crippen LogP contribution < -0.4 is 5.43 Å². The summed E-state index contributed by atoms with van der Waals surface area (Å²) >= 11 is 6.38. The Balaban J connectivity index is 1.97. The molecular weight excluding hydrogens is 340 g/mol. The van der Waals surface area contributed by atoms with E-state index in [0.717, 1.165) is 22.3 Å². The molecule has 2 aliphatic heterocycles. The number of hydrazine groups is 1. The summed E-state index contributed by atoms with van der Waals surface area (Å²) in [6, 6.07) is 12.4. The van der Waals surface area contributed by atoms with Crippen LogP contribution in [-0.4, -0.2) is 35.3 Å². The largest absolute Gasteiger partial charge is 0.325 e. The van der Waals surface area contributed by atoms with E-state index in [-0.39, 0.29) is 16.7 Å². The van der Waals surface area contributed by atoms with E-state index in [1.165, 1.54) is 6.07 Å². The highest BCUT2D eigenvalue weighted by Crippen LogP contribution is 2.35. The van der Waals surface area contributed by atoms with E-state index in [2.05, 4.69) is 5.43 Å². The van der Waals surface area contributed by atoms with Crippen molar-refractivity contribution in [1.29, 1.82) is 0 Å². The number of likely N-dealkylation sites (N-methyl/N-ethyl adjacent to an activating group) is 1. The van der Waals surface area contributed by atoms with Crippen LogP contribution in [0.25, 0.3) is 5.57 Å². The fourth-order valence-corrected chi connectivity index (χ4v) is 3.51. The van der Waals surface area contributed by atoms with Crippen molar-refractivity contribution < 1.29 is 4.92 Å². The molecule has 0 bridgehead atoms. The standard InChI is InChI=1S/C18H15ClN4O2/c1-22-17-10-20-18(13-4-2-3-5-16(13)19)14-8-11(23(24)25)6-7-12(14)15(17)9-21-22/h2-9,17,21H,10H2,1H3. The van der Waals surface area contributed by atoms with Gasteiger partial charge in [0.15, 0.2) is 0 Å². The molecule has 0 radical (unpaired) electrons. The van der Waals surface area contributed by atoms with Crippen molar-refractivity contribution >= 4 is 28.6 Å². The van der Waals surface area contributed by atoms with Gasteiger partial charge in [-0.1, -0.05) is 29.8 Å². The number of nitrogens with one attached hydrogen (secondary N) is 1. The maximum Gasteiger partial charge on any atom is 0.270 e. The van der Waals surface area contributed by atoms with Gasteiger partial charge < -0.3 is 5.43 Å². The molecule has 0 aromatic heterocycles. The molecule has 126 valence electrons. The lowest BCUT2D eigenvalue weighted by Crippen LogP contribution is -2.36. The van der Waals surface area contributed by atoms with E-state index < -0.39 is 0 Å². The van der Waals surface area contributed by atoms with E-state index in [4.69, 9.17) is 16.6 Å². The van der Waals surface area contributed by atoms with E-state index in [0.29, 0.717) is 17.3 Å². The summed E-state index contributed by atoms with van der Waals surface area (Å²) in [6.07, 6.45) is 1.93. The summed E-state index contributed by atoms with van der Waals surface area (Å²) < 4.78 is 0. The average molecular weight is 355 g/mol. The zero-order chi connectivity index (χ0) is 17.6. The van der Waals surface area contributed by atoms with Gasteiger partial charge in [0.2, 0.25) is 0 Å². The number of aliphatic imine (C=N–C) groups is 1. The lowest BCUT2D eigenvalue weighted by Gasteiger charge is -2.19. The fourth-order valence-electron chi connectivity index (χ4n) is 3.28. The molecule has 7 heteroatoms. The van der Waals surface area contributed by atoms with Crippen molar-refractivity contribution in [2.75, 3.05) is 13.6 Å². The van der Waals surface area contributed by atoms with Crippen LogP contribution in [0.4, 0.5) is 5.69 Å². The Morgan fingerprint density at radius 1 is 1.24 bits per heavy atom. The van der Waals surface area contributed by atoms with Crippen LogP contribution in [0, 0.1) is 10.1 Å². The second-order valence-electron chi connectivity index (χ2n) is 6.01. The predicted molar refractivity (Wildman–Crippen MR) is 97.7 cm³/mol. The number of nitro groups is 1. The molecule has 4 rings (SSSR count). The number of rotatable bonds is 2. The second kappa shape index (κ2) is 5.98. The van der Waals surface area contributed by atoms with Gasteiger partial charge in [0.05, 0.1) is 23.2 Å². The first-order chi connectivity index (χ1) is 12.1. The minimum atomic E-state index is -0.389. The molecular formula is C18H15ClN4O2. The highest BCUT2D eigenvalue weighted by molar-refractivity contribution is 6.35. The number of non-ortho nitro benzene ring substituents is 1. The zero-order valence-electron chi connectivity index (χ0n) is 13.4. The Bertz CT molecular complexity index is 938. The molecule has 0 fully saturated rings. The second-order valence-corrected chi connectivity index (χ2v) is 6.42. The third kappa shape index (κ3) is 2.59. The minimum Gasteiger partial charge on any atom is -0.325 e. The number of hydrogen-bond acceptors (Lipinski definition) is 5. The molecule has 0 spiro atoms. The fraction of sp³-hybridized carbons (Fsp3) is 0.167. The summed E-state index contributed by atoms with van der Waals surface area (Å²) in [4.78, 5) is 15.7. The molecule has 2 heterocycles. The maximum absolute atomic E-state index is 11.3. The minimum absolute atomic E-state index is 0.0388. The van der Waals surface area contributed by atoms with E-state index in [1.807, 2.05) is 36.5 Å². The molecule has 0 saturated heterocycles. The first-order valence-electron chi connectivity index (χ1n) is 7.84. The van der Waals surface area contributed by atoms with Crippen molar-refractivity contribution in [1.82, 2.24) is 10.4 Å². The third-order valence-electron chi connectivity index (χ3n) is 4.58. The normalized spacial score (nSPS) is 19.2. The molecule has 0 amide bonds. The molecule has 25 heavy (non-hydrogen) atoms. The van der Waals surface area contributed by atoms with Crippen LogP contribution in [0.3, 0.4) is 0 Å². The molecule has 1 atom stereocenters. The summed E-state index contributed by atoms with van der Waals surface area (Å²) in [6.45, 7) is 0.540. The van der Waals surface area contributed by atoms with Crippen LogP contribution in [0.15, 0.2) is 53.7 Å². The number of fused-ring (bicyclic) bond motifs is 3. The van der Waals surface area contributed by atoms with Gasteiger partial charge in [-0.25, -0.2) is 5.01 Å². The third-order valence-corrected chi connectivity index (χ3v) is 4.91. The SMILES string of the molecule is CN1NC=C2c3ccc([N+](=O)[O-])cc3C(c3ccccc3Cl)=NCC21. The van der Waals surface area contributed by atoms with E-state index in [9.17, 15) is 10.1 Å². The van der Waals surface area contributed by atoms with Gasteiger partial charge in [-0.15, -0.1) is 0 Å². The Labute approximate surface area is 149 Å². The van der Waals surface area contributed by atoms with Gasteiger partial charge >= 0.3 is 0 Å². The van der Waals surface area contributed by atoms with Gasteiger partial charge in [0.25, 0.3) is 5.69 Å². The summed E-state index contributed by atoms with van der Waals surface area (Å²) in [5, 5.41) is 13.8. The number of nitrogens with zero attached hydrogens (tertiary/aromatic N) is 3. The first-order valence-corrected chi connectivity index (χ1v) is 8.21. The number of halogens is 1. The molecule has 0 aliphatic carbocycles. The Hall–Kier alpha value is -2.70. The summed E-state index contributed by atoms with van der Waals surface area (Å²) in [5.41, 5.74) is 7.41. The van der Waals surface area contributed by atoms with Crippen LogP contribution in [-0.2, 0) is 0 Å². The first kappa shape index (κ1) is 15.8. The van der Waals surface area contributed by atoms with Crippen LogP contribution >= 0.6 is 11.6 Å².